The van der Waals surface area contributed by atoms with Crippen molar-refractivity contribution in [1.82, 2.24) is 15.0 Å². The Labute approximate surface area is 242 Å². The van der Waals surface area contributed by atoms with Crippen LogP contribution in [0.4, 0.5) is 0 Å². The fourth-order valence-electron chi connectivity index (χ4n) is 5.75. The molecule has 0 saturated heterocycles. The summed E-state index contributed by atoms with van der Waals surface area (Å²) in [5, 5.41) is 0. The van der Waals surface area contributed by atoms with Crippen molar-refractivity contribution in [2.45, 2.75) is 25.7 Å². The monoisotopic (exact) mass is 531 g/mol. The molecule has 0 aliphatic carbocycles. The quantitative estimate of drug-likeness (QED) is 0.178. The number of rotatable bonds is 10. The molecule has 0 fully saturated rings. The van der Waals surface area contributed by atoms with Crippen LogP contribution in [0.15, 0.2) is 152 Å². The summed E-state index contributed by atoms with van der Waals surface area (Å²) in [6.45, 7) is 0. The highest BCUT2D eigenvalue weighted by Gasteiger charge is 2.33. The van der Waals surface area contributed by atoms with Crippen molar-refractivity contribution in [3.05, 3.63) is 174 Å². The molecule has 3 heteroatoms. The van der Waals surface area contributed by atoms with Crippen molar-refractivity contribution in [1.29, 1.82) is 0 Å². The average molecular weight is 532 g/mol. The summed E-state index contributed by atoms with van der Waals surface area (Å²) >= 11 is 0. The predicted molar refractivity (Wildman–Crippen MR) is 167 cm³/mol. The molecular formula is C38H33N3. The van der Waals surface area contributed by atoms with E-state index in [4.69, 9.17) is 15.0 Å². The molecule has 0 amide bonds. The molecule has 0 unspecified atom stereocenters. The second-order valence-corrected chi connectivity index (χ2v) is 10.8. The van der Waals surface area contributed by atoms with Gasteiger partial charge in [-0.05, 0) is 73.1 Å². The maximum Gasteiger partial charge on any atom is 0.0705 e. The topological polar surface area (TPSA) is 38.7 Å². The molecule has 3 nitrogen and oxygen atoms in total. The lowest BCUT2D eigenvalue weighted by Crippen LogP contribution is -2.33. The van der Waals surface area contributed by atoms with Gasteiger partial charge in [0.15, 0.2) is 0 Å². The lowest BCUT2D eigenvalue weighted by atomic mass is 9.70. The lowest BCUT2D eigenvalue weighted by Gasteiger charge is -2.34. The van der Waals surface area contributed by atoms with E-state index in [0.717, 1.165) is 65.3 Å². The molecule has 6 rings (SSSR count). The van der Waals surface area contributed by atoms with Crippen molar-refractivity contribution in [3.63, 3.8) is 0 Å². The van der Waals surface area contributed by atoms with Crippen LogP contribution in [-0.2, 0) is 25.7 Å². The maximum absolute atomic E-state index is 5.18. The Bertz CT molecular complexity index is 1540. The number of aromatic nitrogens is 3. The van der Waals surface area contributed by atoms with Gasteiger partial charge in [0.05, 0.1) is 11.4 Å². The minimum absolute atomic E-state index is 0.194. The lowest BCUT2D eigenvalue weighted by molar-refractivity contribution is 0.267. The van der Waals surface area contributed by atoms with Crippen LogP contribution < -0.4 is 0 Å². The highest BCUT2D eigenvalue weighted by molar-refractivity contribution is 5.59. The van der Waals surface area contributed by atoms with Gasteiger partial charge in [0.1, 0.15) is 0 Å². The number of nitrogens with zero attached hydrogens (tertiary/aromatic N) is 3. The van der Waals surface area contributed by atoms with E-state index < -0.39 is 0 Å². The first-order valence-corrected chi connectivity index (χ1v) is 14.2. The smallest absolute Gasteiger partial charge is 0.0705 e. The van der Waals surface area contributed by atoms with Crippen molar-refractivity contribution in [3.8, 4) is 22.5 Å². The largest absolute Gasteiger partial charge is 0.261 e. The van der Waals surface area contributed by atoms with Crippen LogP contribution >= 0.6 is 0 Å². The molecule has 6 aromatic rings. The third kappa shape index (κ3) is 6.82. The molecule has 3 aromatic heterocycles. The van der Waals surface area contributed by atoms with Gasteiger partial charge in [0.25, 0.3) is 0 Å². The zero-order chi connectivity index (χ0) is 27.7. The van der Waals surface area contributed by atoms with Gasteiger partial charge in [0, 0.05) is 34.4 Å². The molecule has 0 bridgehead atoms. The minimum atomic E-state index is -0.194. The SMILES string of the molecule is c1ccc(CC(Cc2ccccn2)(Cc2cccc(-c3ccccc3)n2)Cc2cccc(-c3ccccc3)n2)cc1. The van der Waals surface area contributed by atoms with Crippen LogP contribution in [0.1, 0.15) is 22.6 Å². The summed E-state index contributed by atoms with van der Waals surface area (Å²) in [6, 6.07) is 50.6. The molecule has 41 heavy (non-hydrogen) atoms. The molecule has 0 radical (unpaired) electrons. The number of pyridine rings is 3. The highest BCUT2D eigenvalue weighted by atomic mass is 14.7. The Morgan fingerprint density at radius 3 is 1.37 bits per heavy atom. The first-order valence-electron chi connectivity index (χ1n) is 14.2. The van der Waals surface area contributed by atoms with E-state index in [1.54, 1.807) is 0 Å². The Balaban J connectivity index is 1.43. The summed E-state index contributed by atoms with van der Waals surface area (Å²) < 4.78 is 0. The third-order valence-electron chi connectivity index (χ3n) is 7.57. The zero-order valence-electron chi connectivity index (χ0n) is 23.1. The van der Waals surface area contributed by atoms with E-state index >= 15 is 0 Å². The zero-order valence-corrected chi connectivity index (χ0v) is 23.1. The fraction of sp³-hybridized carbons (Fsp3) is 0.132. The molecule has 3 aromatic carbocycles. The number of hydrogen-bond acceptors (Lipinski definition) is 3. The van der Waals surface area contributed by atoms with Crippen LogP contribution in [0.3, 0.4) is 0 Å². The molecule has 0 aliphatic heterocycles. The van der Waals surface area contributed by atoms with Gasteiger partial charge in [-0.15, -0.1) is 0 Å². The Kier molecular flexibility index (Phi) is 8.05. The summed E-state index contributed by atoms with van der Waals surface area (Å²) in [7, 11) is 0. The van der Waals surface area contributed by atoms with Crippen LogP contribution in [-0.4, -0.2) is 15.0 Å². The van der Waals surface area contributed by atoms with E-state index in [9.17, 15) is 0 Å². The highest BCUT2D eigenvalue weighted by Crippen LogP contribution is 2.36. The summed E-state index contributed by atoms with van der Waals surface area (Å²) in [5.41, 5.74) is 8.62. The van der Waals surface area contributed by atoms with E-state index in [1.807, 2.05) is 24.4 Å². The van der Waals surface area contributed by atoms with Crippen LogP contribution in [0, 0.1) is 5.41 Å². The van der Waals surface area contributed by atoms with E-state index in [-0.39, 0.29) is 5.41 Å². The van der Waals surface area contributed by atoms with E-state index in [1.165, 1.54) is 5.56 Å². The molecule has 3 heterocycles. The Morgan fingerprint density at radius 2 is 0.854 bits per heavy atom. The van der Waals surface area contributed by atoms with Crippen LogP contribution in [0.25, 0.3) is 22.5 Å². The molecule has 0 atom stereocenters. The summed E-state index contributed by atoms with van der Waals surface area (Å²) in [4.78, 5) is 15.1. The Hall–Kier alpha value is -4.89. The Morgan fingerprint density at radius 1 is 0.390 bits per heavy atom. The predicted octanol–water partition coefficient (Wildman–Crippen LogP) is 8.46. The molecule has 200 valence electrons. The van der Waals surface area contributed by atoms with E-state index in [0.29, 0.717) is 0 Å². The van der Waals surface area contributed by atoms with Gasteiger partial charge < -0.3 is 0 Å². The normalized spacial score (nSPS) is 11.3. The number of benzene rings is 3. The second kappa shape index (κ2) is 12.5. The van der Waals surface area contributed by atoms with Gasteiger partial charge in [-0.3, -0.25) is 15.0 Å². The molecule has 0 aliphatic rings. The molecule has 0 spiro atoms. The van der Waals surface area contributed by atoms with Crippen LogP contribution in [0.5, 0.6) is 0 Å². The van der Waals surface area contributed by atoms with Crippen molar-refractivity contribution < 1.29 is 0 Å². The number of hydrogen-bond donors (Lipinski definition) is 0. The summed E-state index contributed by atoms with van der Waals surface area (Å²) in [6.07, 6.45) is 5.20. The minimum Gasteiger partial charge on any atom is -0.261 e. The van der Waals surface area contributed by atoms with E-state index in [2.05, 4.69) is 127 Å². The maximum atomic E-state index is 5.18. The first kappa shape index (κ1) is 26.3. The molecule has 0 N–H and O–H groups in total. The van der Waals surface area contributed by atoms with Crippen molar-refractivity contribution in [2.75, 3.05) is 0 Å². The standard InChI is InChI=1S/C38H33N3/c1-4-14-30(15-5-1)26-38(27-33-20-10-11-25-39-33,28-34-21-12-23-36(40-34)31-16-6-2-7-17-31)29-35-22-13-24-37(41-35)32-18-8-3-9-19-32/h1-25H,26-29H2. The molecular weight excluding hydrogens is 498 g/mol. The fourth-order valence-corrected chi connectivity index (χ4v) is 5.75. The molecule has 0 saturated carbocycles. The second-order valence-electron chi connectivity index (χ2n) is 10.8. The van der Waals surface area contributed by atoms with Gasteiger partial charge in [-0.2, -0.15) is 0 Å². The van der Waals surface area contributed by atoms with Gasteiger partial charge in [-0.1, -0.05) is 109 Å². The first-order chi connectivity index (χ1) is 20.2. The average Bonchev–Trinajstić information content (AvgIpc) is 3.03. The van der Waals surface area contributed by atoms with Gasteiger partial charge >= 0.3 is 0 Å². The van der Waals surface area contributed by atoms with Gasteiger partial charge in [0.2, 0.25) is 0 Å². The van der Waals surface area contributed by atoms with Crippen molar-refractivity contribution >= 4 is 0 Å². The van der Waals surface area contributed by atoms with Crippen LogP contribution in [0.2, 0.25) is 0 Å². The summed E-state index contributed by atoms with van der Waals surface area (Å²) in [5.74, 6) is 0. The van der Waals surface area contributed by atoms with Crippen molar-refractivity contribution in [2.24, 2.45) is 5.41 Å². The third-order valence-corrected chi connectivity index (χ3v) is 7.57. The van der Waals surface area contributed by atoms with Gasteiger partial charge in [-0.25, -0.2) is 0 Å².